The number of aromatic nitrogens is 4. The van der Waals surface area contributed by atoms with Crippen molar-refractivity contribution in [2.24, 2.45) is 0 Å². The molecule has 3 heterocycles. The summed E-state index contributed by atoms with van der Waals surface area (Å²) in [4.78, 5) is 16.6. The van der Waals surface area contributed by atoms with Crippen LogP contribution in [0.25, 0.3) is 0 Å². The number of carbonyl (C=O) groups is 1. The summed E-state index contributed by atoms with van der Waals surface area (Å²) in [5.74, 6) is 1.09. The van der Waals surface area contributed by atoms with Gasteiger partial charge in [0.25, 0.3) is 5.91 Å². The normalized spacial score (nSPS) is 19.5. The molecule has 1 saturated carbocycles. The van der Waals surface area contributed by atoms with Crippen LogP contribution < -0.4 is 0 Å². The number of amides is 1. The van der Waals surface area contributed by atoms with E-state index in [2.05, 4.69) is 20.4 Å². The second-order valence-corrected chi connectivity index (χ2v) is 6.63. The highest BCUT2D eigenvalue weighted by Crippen LogP contribution is 2.34. The van der Waals surface area contributed by atoms with Gasteiger partial charge in [-0.1, -0.05) is 0 Å². The average molecular weight is 318 g/mol. The number of hydrogen-bond donors (Lipinski definition) is 0. The fourth-order valence-electron chi connectivity index (χ4n) is 2.80. The van der Waals surface area contributed by atoms with Crippen molar-refractivity contribution in [2.75, 3.05) is 26.2 Å². The molecule has 1 amide bonds. The van der Waals surface area contributed by atoms with Crippen LogP contribution in [0.5, 0.6) is 0 Å². The highest BCUT2D eigenvalue weighted by atomic mass is 32.1. The van der Waals surface area contributed by atoms with Crippen LogP contribution in [0, 0.1) is 0 Å². The molecule has 1 saturated heterocycles. The van der Waals surface area contributed by atoms with Crippen LogP contribution in [0.3, 0.4) is 0 Å². The smallest absolute Gasteiger partial charge is 0.254 e. The standard InChI is InChI=1S/C14H18N6OS/c21-14(11-3-8-22-10-11)19-6-4-18(5-7-19)9-13-15-16-17-20(13)12-1-2-12/h3,8,10,12H,1-2,4-7,9H2. The summed E-state index contributed by atoms with van der Waals surface area (Å²) >= 11 is 1.56. The minimum atomic E-state index is 0.142. The molecule has 1 aliphatic heterocycles. The third-order valence-corrected chi connectivity index (χ3v) is 4.93. The quantitative estimate of drug-likeness (QED) is 0.842. The van der Waals surface area contributed by atoms with E-state index in [1.54, 1.807) is 11.3 Å². The Balaban J connectivity index is 1.34. The van der Waals surface area contributed by atoms with Gasteiger partial charge in [-0.25, -0.2) is 4.68 Å². The van der Waals surface area contributed by atoms with Crippen LogP contribution >= 0.6 is 11.3 Å². The third kappa shape index (κ3) is 2.76. The van der Waals surface area contributed by atoms with Crippen molar-refractivity contribution in [1.29, 1.82) is 0 Å². The first-order valence-electron chi connectivity index (χ1n) is 7.62. The first kappa shape index (κ1) is 13.8. The van der Waals surface area contributed by atoms with E-state index in [9.17, 15) is 4.79 Å². The van der Waals surface area contributed by atoms with Gasteiger partial charge < -0.3 is 4.90 Å². The lowest BCUT2D eigenvalue weighted by Gasteiger charge is -2.34. The van der Waals surface area contributed by atoms with E-state index in [4.69, 9.17) is 0 Å². The van der Waals surface area contributed by atoms with E-state index in [0.717, 1.165) is 44.1 Å². The number of nitrogens with zero attached hydrogens (tertiary/aromatic N) is 6. The minimum Gasteiger partial charge on any atom is -0.336 e. The molecule has 0 spiro atoms. The van der Waals surface area contributed by atoms with Gasteiger partial charge >= 0.3 is 0 Å². The molecular weight excluding hydrogens is 300 g/mol. The summed E-state index contributed by atoms with van der Waals surface area (Å²) in [5.41, 5.74) is 0.802. The molecule has 0 unspecified atom stereocenters. The van der Waals surface area contributed by atoms with Gasteiger partial charge in [-0.05, 0) is 34.7 Å². The fourth-order valence-corrected chi connectivity index (χ4v) is 3.43. The molecule has 0 bridgehead atoms. The Kier molecular flexibility index (Phi) is 3.63. The molecule has 0 atom stereocenters. The lowest BCUT2D eigenvalue weighted by Crippen LogP contribution is -2.48. The van der Waals surface area contributed by atoms with Crippen LogP contribution in [-0.2, 0) is 6.54 Å². The number of tetrazole rings is 1. The second-order valence-electron chi connectivity index (χ2n) is 5.85. The summed E-state index contributed by atoms with van der Waals surface area (Å²) in [6.45, 7) is 4.03. The van der Waals surface area contributed by atoms with Crippen molar-refractivity contribution in [3.63, 3.8) is 0 Å². The number of hydrogen-bond acceptors (Lipinski definition) is 6. The van der Waals surface area contributed by atoms with Crippen molar-refractivity contribution in [2.45, 2.75) is 25.4 Å². The van der Waals surface area contributed by atoms with Gasteiger partial charge in [0.05, 0.1) is 18.2 Å². The predicted octanol–water partition coefficient (Wildman–Crippen LogP) is 1.03. The minimum absolute atomic E-state index is 0.142. The molecule has 7 nitrogen and oxygen atoms in total. The maximum Gasteiger partial charge on any atom is 0.254 e. The van der Waals surface area contributed by atoms with Crippen LogP contribution in [-0.4, -0.2) is 62.1 Å². The second kappa shape index (κ2) is 5.77. The van der Waals surface area contributed by atoms with Gasteiger partial charge in [0, 0.05) is 31.6 Å². The lowest BCUT2D eigenvalue weighted by molar-refractivity contribution is 0.0624. The van der Waals surface area contributed by atoms with Crippen molar-refractivity contribution in [1.82, 2.24) is 30.0 Å². The summed E-state index contributed by atoms with van der Waals surface area (Å²) in [6, 6.07) is 2.40. The molecule has 116 valence electrons. The number of carbonyl (C=O) groups excluding carboxylic acids is 1. The molecule has 4 rings (SSSR count). The number of thiophene rings is 1. The molecule has 1 aliphatic carbocycles. The Bertz CT molecular complexity index is 642. The maximum atomic E-state index is 12.3. The average Bonchev–Trinajstić information content (AvgIpc) is 3.05. The summed E-state index contributed by atoms with van der Waals surface area (Å²) in [6.07, 6.45) is 2.36. The molecule has 2 aromatic heterocycles. The molecule has 2 fully saturated rings. The molecule has 2 aromatic rings. The SMILES string of the molecule is O=C(c1ccsc1)N1CCN(Cc2nnnn2C2CC2)CC1. The Morgan fingerprint density at radius 2 is 2.09 bits per heavy atom. The third-order valence-electron chi connectivity index (χ3n) is 4.25. The summed E-state index contributed by atoms with van der Waals surface area (Å²) in [5, 5.41) is 15.9. The Morgan fingerprint density at radius 1 is 1.27 bits per heavy atom. The van der Waals surface area contributed by atoms with Gasteiger partial charge in [-0.15, -0.1) is 5.10 Å². The topological polar surface area (TPSA) is 67.2 Å². The fraction of sp³-hybridized carbons (Fsp3) is 0.571. The van der Waals surface area contributed by atoms with Gasteiger partial charge in [0.1, 0.15) is 0 Å². The van der Waals surface area contributed by atoms with Crippen LogP contribution in [0.4, 0.5) is 0 Å². The van der Waals surface area contributed by atoms with Crippen molar-refractivity contribution >= 4 is 17.2 Å². The van der Waals surface area contributed by atoms with Crippen molar-refractivity contribution < 1.29 is 4.79 Å². The summed E-state index contributed by atoms with van der Waals surface area (Å²) < 4.78 is 1.96. The molecule has 2 aliphatic rings. The zero-order valence-electron chi connectivity index (χ0n) is 12.3. The molecule has 22 heavy (non-hydrogen) atoms. The van der Waals surface area contributed by atoms with E-state index < -0.39 is 0 Å². The molecule has 8 heteroatoms. The predicted molar refractivity (Wildman–Crippen MR) is 81.6 cm³/mol. The van der Waals surface area contributed by atoms with Crippen molar-refractivity contribution in [3.05, 3.63) is 28.2 Å². The highest BCUT2D eigenvalue weighted by molar-refractivity contribution is 7.08. The molecular formula is C14H18N6OS. The van der Waals surface area contributed by atoms with Gasteiger partial charge in [-0.3, -0.25) is 9.69 Å². The largest absolute Gasteiger partial charge is 0.336 e. The van der Waals surface area contributed by atoms with E-state index >= 15 is 0 Å². The van der Waals surface area contributed by atoms with Gasteiger partial charge in [-0.2, -0.15) is 11.3 Å². The first-order chi connectivity index (χ1) is 10.8. The van der Waals surface area contributed by atoms with E-state index in [1.165, 1.54) is 12.8 Å². The zero-order chi connectivity index (χ0) is 14.9. The summed E-state index contributed by atoms with van der Waals surface area (Å²) in [7, 11) is 0. The molecule has 0 N–H and O–H groups in total. The van der Waals surface area contributed by atoms with Crippen LogP contribution in [0.1, 0.15) is 35.1 Å². The van der Waals surface area contributed by atoms with Crippen LogP contribution in [0.2, 0.25) is 0 Å². The van der Waals surface area contributed by atoms with Gasteiger partial charge in [0.15, 0.2) is 5.82 Å². The van der Waals surface area contributed by atoms with Gasteiger partial charge in [0.2, 0.25) is 0 Å². The Morgan fingerprint density at radius 3 is 2.77 bits per heavy atom. The zero-order valence-corrected chi connectivity index (χ0v) is 13.1. The Labute approximate surface area is 132 Å². The van der Waals surface area contributed by atoms with E-state index in [0.29, 0.717) is 6.04 Å². The maximum absolute atomic E-state index is 12.3. The van der Waals surface area contributed by atoms with Crippen molar-refractivity contribution in [3.8, 4) is 0 Å². The number of piperazine rings is 1. The lowest BCUT2D eigenvalue weighted by atomic mass is 10.2. The number of rotatable bonds is 4. The van der Waals surface area contributed by atoms with E-state index in [-0.39, 0.29) is 5.91 Å². The van der Waals surface area contributed by atoms with Crippen LogP contribution in [0.15, 0.2) is 16.8 Å². The first-order valence-corrected chi connectivity index (χ1v) is 8.56. The van der Waals surface area contributed by atoms with E-state index in [1.807, 2.05) is 26.4 Å². The molecule has 0 radical (unpaired) electrons. The Hall–Kier alpha value is -1.80. The highest BCUT2D eigenvalue weighted by Gasteiger charge is 2.29. The molecule has 0 aromatic carbocycles. The monoisotopic (exact) mass is 318 g/mol.